The van der Waals surface area contributed by atoms with Crippen LogP contribution < -0.4 is 0 Å². The molecule has 0 spiro atoms. The molecule has 0 saturated heterocycles. The Labute approximate surface area is 35.8 Å². The molecule has 0 radical (unpaired) electrons. The van der Waals surface area contributed by atoms with Gasteiger partial charge in [0.2, 0.25) is 0 Å². The fraction of sp³-hybridized carbons (Fsp3) is 0. The standard InChI is InChI=1S/C2H4N2S/c3-1-4-2-5/h1-2H,(H2,3,4,5). The maximum Gasteiger partial charge on any atom is 0.107 e. The summed E-state index contributed by atoms with van der Waals surface area (Å²) >= 11 is 3.56. The summed E-state index contributed by atoms with van der Waals surface area (Å²) in [5.41, 5.74) is 1.26. The van der Waals surface area contributed by atoms with Gasteiger partial charge in [0.15, 0.2) is 0 Å². The summed E-state index contributed by atoms with van der Waals surface area (Å²) in [7, 11) is 0. The molecule has 1 N–H and O–H groups in total. The Kier molecular flexibility index (Phi) is 3.46. The predicted molar refractivity (Wildman–Crippen MR) is 26.3 cm³/mol. The van der Waals surface area contributed by atoms with Crippen LogP contribution in [-0.4, -0.2) is 11.9 Å². The zero-order chi connectivity index (χ0) is 4.12. The molecule has 3 heteroatoms. The molecule has 0 atom stereocenters. The quantitative estimate of drug-likeness (QED) is 0.267. The Morgan fingerprint density at radius 2 is 2.40 bits per heavy atom. The summed E-state index contributed by atoms with van der Waals surface area (Å²) < 4.78 is 0. The van der Waals surface area contributed by atoms with Crippen molar-refractivity contribution in [1.29, 1.82) is 5.41 Å². The summed E-state index contributed by atoms with van der Waals surface area (Å²) in [6.45, 7) is 0. The Morgan fingerprint density at radius 1 is 1.80 bits per heavy atom. The van der Waals surface area contributed by atoms with E-state index in [1.807, 2.05) is 0 Å². The van der Waals surface area contributed by atoms with Crippen molar-refractivity contribution in [2.75, 3.05) is 0 Å². The van der Waals surface area contributed by atoms with E-state index in [9.17, 15) is 0 Å². The van der Waals surface area contributed by atoms with Crippen LogP contribution in [0.4, 0.5) is 0 Å². The van der Waals surface area contributed by atoms with E-state index in [4.69, 9.17) is 5.41 Å². The van der Waals surface area contributed by atoms with Gasteiger partial charge >= 0.3 is 0 Å². The van der Waals surface area contributed by atoms with E-state index < -0.39 is 0 Å². The highest BCUT2D eigenvalue weighted by Crippen LogP contribution is 1.55. The number of aliphatic imine (C=N–C) groups is 1. The average molecular weight is 88.1 g/mol. The predicted octanol–water partition coefficient (Wildman–Crippen LogP) is 0.552. The molecule has 0 saturated carbocycles. The van der Waals surface area contributed by atoms with Gasteiger partial charge in [0.25, 0.3) is 0 Å². The lowest BCUT2D eigenvalue weighted by Crippen LogP contribution is -1.52. The van der Waals surface area contributed by atoms with Gasteiger partial charge < -0.3 is 0 Å². The second kappa shape index (κ2) is 3.69. The highest BCUT2D eigenvalue weighted by Gasteiger charge is 1.43. The van der Waals surface area contributed by atoms with E-state index in [0.717, 1.165) is 6.34 Å². The monoisotopic (exact) mass is 88.0 g/mol. The number of nitrogens with zero attached hydrogens (tertiary/aromatic N) is 1. The maximum atomic E-state index is 6.23. The van der Waals surface area contributed by atoms with E-state index in [2.05, 4.69) is 17.6 Å². The van der Waals surface area contributed by atoms with Crippen LogP contribution in [0.1, 0.15) is 0 Å². The summed E-state index contributed by atoms with van der Waals surface area (Å²) in [4.78, 5) is 3.25. The van der Waals surface area contributed by atoms with E-state index in [-0.39, 0.29) is 0 Å². The van der Waals surface area contributed by atoms with Crippen molar-refractivity contribution in [3.63, 3.8) is 0 Å². The van der Waals surface area contributed by atoms with Crippen molar-refractivity contribution < 1.29 is 0 Å². The van der Waals surface area contributed by atoms with E-state index in [1.165, 1.54) is 5.55 Å². The van der Waals surface area contributed by atoms with Gasteiger partial charge in [-0.2, -0.15) is 0 Å². The summed E-state index contributed by atoms with van der Waals surface area (Å²) in [6.07, 6.45) is 0.924. The molecule has 0 aliphatic heterocycles. The first-order valence-corrected chi connectivity index (χ1v) is 1.58. The van der Waals surface area contributed by atoms with Crippen molar-refractivity contribution in [1.82, 2.24) is 0 Å². The van der Waals surface area contributed by atoms with Crippen LogP contribution in [0.3, 0.4) is 0 Å². The molecule has 0 aliphatic carbocycles. The molecule has 0 fully saturated rings. The maximum absolute atomic E-state index is 6.23. The van der Waals surface area contributed by atoms with Gasteiger partial charge in [-0.05, 0) is 0 Å². The van der Waals surface area contributed by atoms with Crippen LogP contribution in [0.25, 0.3) is 0 Å². The van der Waals surface area contributed by atoms with Gasteiger partial charge in [-0.3, -0.25) is 5.41 Å². The molecule has 0 amide bonds. The normalized spacial score (nSPS) is 9.00. The number of hydrogen-bond donors (Lipinski definition) is 2. The number of hydrogen-bond acceptors (Lipinski definition) is 1. The smallest absolute Gasteiger partial charge is 0.107 e. The molecule has 0 unspecified atom stereocenters. The molecule has 0 aromatic carbocycles. The molecule has 0 aromatic heterocycles. The average Bonchev–Trinajstić information content (AvgIpc) is 1.41. The molecule has 0 heterocycles. The number of rotatable bonds is 1. The van der Waals surface area contributed by atoms with Crippen LogP contribution in [0.2, 0.25) is 0 Å². The molecular formula is C2H4N2S. The minimum absolute atomic E-state index is 0.924. The van der Waals surface area contributed by atoms with Gasteiger partial charge in [0.05, 0.1) is 5.55 Å². The van der Waals surface area contributed by atoms with E-state index >= 15 is 0 Å². The van der Waals surface area contributed by atoms with Crippen LogP contribution in [0, 0.1) is 5.41 Å². The first-order valence-electron chi connectivity index (χ1n) is 1.06. The van der Waals surface area contributed by atoms with Crippen molar-refractivity contribution in [2.24, 2.45) is 4.99 Å². The van der Waals surface area contributed by atoms with Gasteiger partial charge in [0, 0.05) is 0 Å². The van der Waals surface area contributed by atoms with Crippen LogP contribution in [0.15, 0.2) is 4.99 Å². The number of nitrogens with one attached hydrogen (secondary N) is 1. The summed E-state index contributed by atoms with van der Waals surface area (Å²) in [5, 5.41) is 6.23. The third-order valence-electron chi connectivity index (χ3n) is 0.141. The zero-order valence-corrected chi connectivity index (χ0v) is 3.44. The molecule has 0 rings (SSSR count). The highest BCUT2D eigenvalue weighted by molar-refractivity contribution is 7.94. The first-order chi connectivity index (χ1) is 2.41. The second-order valence-electron chi connectivity index (χ2n) is 0.394. The molecule has 5 heavy (non-hydrogen) atoms. The minimum atomic E-state index is 0.924. The van der Waals surface area contributed by atoms with Gasteiger partial charge in [-0.1, -0.05) is 0 Å². The number of thiol groups is 1. The van der Waals surface area contributed by atoms with Crippen molar-refractivity contribution >= 4 is 24.5 Å². The Balaban J connectivity index is 2.92. The molecule has 0 bridgehead atoms. The molecule has 28 valence electrons. The van der Waals surface area contributed by atoms with Crippen LogP contribution >= 0.6 is 12.6 Å². The first kappa shape index (κ1) is 4.69. The third kappa shape index (κ3) is 3.69. The lowest BCUT2D eigenvalue weighted by atomic mass is 11.3. The Bertz CT molecular complexity index is 49.6. The van der Waals surface area contributed by atoms with Crippen molar-refractivity contribution in [3.8, 4) is 0 Å². The van der Waals surface area contributed by atoms with Crippen LogP contribution in [-0.2, 0) is 0 Å². The molecule has 2 nitrogen and oxygen atoms in total. The molecule has 0 aliphatic rings. The molecule has 0 aromatic rings. The van der Waals surface area contributed by atoms with Crippen molar-refractivity contribution in [2.45, 2.75) is 0 Å². The van der Waals surface area contributed by atoms with Crippen LogP contribution in [0.5, 0.6) is 0 Å². The zero-order valence-electron chi connectivity index (χ0n) is 2.55. The molecular weight excluding hydrogens is 84.1 g/mol. The lowest BCUT2D eigenvalue weighted by Gasteiger charge is -1.56. The fourth-order valence-electron chi connectivity index (χ4n) is 0.0333. The summed E-state index contributed by atoms with van der Waals surface area (Å²) in [6, 6.07) is 0. The SMILES string of the molecule is N=C/N=C\S. The second-order valence-corrected chi connectivity index (χ2v) is 0.625. The van der Waals surface area contributed by atoms with Crippen molar-refractivity contribution in [3.05, 3.63) is 0 Å². The van der Waals surface area contributed by atoms with Gasteiger partial charge in [-0.15, -0.1) is 12.6 Å². The topological polar surface area (TPSA) is 36.2 Å². The van der Waals surface area contributed by atoms with E-state index in [0.29, 0.717) is 0 Å². The van der Waals surface area contributed by atoms with Gasteiger partial charge in [0.1, 0.15) is 6.34 Å². The highest BCUT2D eigenvalue weighted by atomic mass is 32.1. The summed E-state index contributed by atoms with van der Waals surface area (Å²) in [5.74, 6) is 0. The van der Waals surface area contributed by atoms with Gasteiger partial charge in [-0.25, -0.2) is 4.99 Å². The fourth-order valence-corrected chi connectivity index (χ4v) is 0.100. The Morgan fingerprint density at radius 3 is 2.40 bits per heavy atom. The Hall–Kier alpha value is -0.310. The largest absolute Gasteiger partial charge is 0.290 e. The third-order valence-corrected chi connectivity index (χ3v) is 0.275. The minimum Gasteiger partial charge on any atom is -0.290 e. The van der Waals surface area contributed by atoms with E-state index in [1.54, 1.807) is 0 Å². The lowest BCUT2D eigenvalue weighted by molar-refractivity contribution is 1.53.